The number of anilines is 1. The lowest BCUT2D eigenvalue weighted by molar-refractivity contribution is -0.117. The van der Waals surface area contributed by atoms with Gasteiger partial charge in [-0.15, -0.1) is 0 Å². The maximum Gasteiger partial charge on any atom is 0.264 e. The molecule has 0 aliphatic carbocycles. The van der Waals surface area contributed by atoms with Crippen LogP contribution in [0.4, 0.5) is 5.69 Å². The van der Waals surface area contributed by atoms with Crippen LogP contribution >= 0.6 is 0 Å². The predicted octanol–water partition coefficient (Wildman–Crippen LogP) is 2.17. The van der Waals surface area contributed by atoms with Crippen LogP contribution < -0.4 is 14.8 Å². The lowest BCUT2D eigenvalue weighted by atomic mass is 10.2. The molecule has 0 saturated heterocycles. The quantitative estimate of drug-likeness (QED) is 0.755. The second-order valence-corrected chi connectivity index (χ2v) is 6.97. The van der Waals surface area contributed by atoms with Crippen LogP contribution in [0.5, 0.6) is 5.75 Å². The summed E-state index contributed by atoms with van der Waals surface area (Å²) in [6.07, 6.45) is 2.99. The average molecular weight is 374 g/mol. The Kier molecular flexibility index (Phi) is 6.13. The van der Waals surface area contributed by atoms with E-state index < -0.39 is 15.9 Å². The van der Waals surface area contributed by atoms with E-state index in [2.05, 4.69) is 5.32 Å². The second kappa shape index (κ2) is 8.30. The van der Waals surface area contributed by atoms with E-state index in [1.807, 2.05) is 16.9 Å². The summed E-state index contributed by atoms with van der Waals surface area (Å²) in [4.78, 5) is 22.8. The second-order valence-electron chi connectivity index (χ2n) is 5.29. The van der Waals surface area contributed by atoms with Crippen molar-refractivity contribution in [2.24, 2.45) is 0 Å². The van der Waals surface area contributed by atoms with E-state index in [0.717, 1.165) is 12.5 Å². The maximum absolute atomic E-state index is 12.0. The first-order valence-corrected chi connectivity index (χ1v) is 9.05. The van der Waals surface area contributed by atoms with Gasteiger partial charge in [-0.2, -0.15) is 0 Å². The normalized spacial score (nSPS) is 11.2. The molecule has 8 heteroatoms. The highest BCUT2D eigenvalue weighted by molar-refractivity contribution is 7.90. The molecule has 0 aliphatic heterocycles. The molecule has 2 aromatic carbocycles. The zero-order valence-electron chi connectivity index (χ0n) is 14.2. The van der Waals surface area contributed by atoms with E-state index in [1.165, 1.54) is 30.3 Å². The SMILES string of the molecule is COc1cccc(/C=C/C(=O)Nc2ccc(S(=O)(=O)NC(C)=O)cc2)c1. The number of hydrogen-bond acceptors (Lipinski definition) is 5. The van der Waals surface area contributed by atoms with Gasteiger partial charge in [-0.3, -0.25) is 9.59 Å². The molecule has 0 unspecified atom stereocenters. The molecule has 26 heavy (non-hydrogen) atoms. The van der Waals surface area contributed by atoms with Crippen LogP contribution in [-0.4, -0.2) is 27.3 Å². The van der Waals surface area contributed by atoms with Gasteiger partial charge in [0, 0.05) is 18.7 Å². The van der Waals surface area contributed by atoms with Crippen molar-refractivity contribution in [3.63, 3.8) is 0 Å². The standard InChI is InChI=1S/C18H18N2O5S/c1-13(21)20-26(23,24)17-9-7-15(8-10-17)19-18(22)11-6-14-4-3-5-16(12-14)25-2/h3-12H,1-2H3,(H,19,22)(H,20,21)/b11-6+. The van der Waals surface area contributed by atoms with Crippen molar-refractivity contribution in [2.75, 3.05) is 12.4 Å². The third-order valence-electron chi connectivity index (χ3n) is 3.23. The number of amides is 2. The van der Waals surface area contributed by atoms with E-state index in [1.54, 1.807) is 25.3 Å². The molecule has 0 saturated carbocycles. The minimum absolute atomic E-state index is 0.0716. The summed E-state index contributed by atoms with van der Waals surface area (Å²) in [6, 6.07) is 12.7. The van der Waals surface area contributed by atoms with Crippen LogP contribution in [0.1, 0.15) is 12.5 Å². The molecule has 0 atom stereocenters. The van der Waals surface area contributed by atoms with Crippen LogP contribution in [0.15, 0.2) is 59.5 Å². The van der Waals surface area contributed by atoms with Crippen molar-refractivity contribution in [3.05, 3.63) is 60.2 Å². The molecule has 0 aromatic heterocycles. The molecule has 2 rings (SSSR count). The van der Waals surface area contributed by atoms with Gasteiger partial charge in [-0.05, 0) is 48.0 Å². The zero-order valence-corrected chi connectivity index (χ0v) is 15.0. The van der Waals surface area contributed by atoms with Crippen molar-refractivity contribution in [1.82, 2.24) is 4.72 Å². The molecule has 0 fully saturated rings. The lowest BCUT2D eigenvalue weighted by Crippen LogP contribution is -2.28. The Morgan fingerprint density at radius 1 is 1.08 bits per heavy atom. The Balaban J connectivity index is 2.03. The van der Waals surface area contributed by atoms with Gasteiger partial charge in [0.2, 0.25) is 11.8 Å². The van der Waals surface area contributed by atoms with Crippen molar-refractivity contribution in [3.8, 4) is 5.75 Å². The summed E-state index contributed by atoms with van der Waals surface area (Å²) in [5.41, 5.74) is 1.23. The first-order valence-electron chi connectivity index (χ1n) is 7.57. The van der Waals surface area contributed by atoms with Gasteiger partial charge < -0.3 is 10.1 Å². The number of nitrogens with one attached hydrogen (secondary N) is 2. The summed E-state index contributed by atoms with van der Waals surface area (Å²) in [7, 11) is -2.33. The highest BCUT2D eigenvalue weighted by atomic mass is 32.2. The van der Waals surface area contributed by atoms with Crippen molar-refractivity contribution >= 4 is 33.6 Å². The molecular weight excluding hydrogens is 356 g/mol. The van der Waals surface area contributed by atoms with Crippen molar-refractivity contribution in [2.45, 2.75) is 11.8 Å². The minimum Gasteiger partial charge on any atom is -0.497 e. The fourth-order valence-electron chi connectivity index (χ4n) is 2.07. The molecule has 2 aromatic rings. The Hall–Kier alpha value is -3.13. The minimum atomic E-state index is -3.90. The topological polar surface area (TPSA) is 102 Å². The molecule has 2 N–H and O–H groups in total. The Labute approximate surface area is 151 Å². The number of rotatable bonds is 6. The summed E-state index contributed by atoms with van der Waals surface area (Å²) in [5.74, 6) is -0.362. The summed E-state index contributed by atoms with van der Waals surface area (Å²) < 4.78 is 30.7. The summed E-state index contributed by atoms with van der Waals surface area (Å²) in [5, 5.41) is 2.62. The van der Waals surface area contributed by atoms with Gasteiger partial charge >= 0.3 is 0 Å². The third kappa shape index (κ3) is 5.45. The van der Waals surface area contributed by atoms with Crippen LogP contribution in [0.3, 0.4) is 0 Å². The summed E-state index contributed by atoms with van der Waals surface area (Å²) >= 11 is 0. The average Bonchev–Trinajstić information content (AvgIpc) is 2.59. The molecule has 0 heterocycles. The number of methoxy groups -OCH3 is 1. The Bertz CT molecular complexity index is 934. The molecular formula is C18H18N2O5S. The predicted molar refractivity (Wildman–Crippen MR) is 98.1 cm³/mol. The molecule has 7 nitrogen and oxygen atoms in total. The number of ether oxygens (including phenoxy) is 1. The van der Waals surface area contributed by atoms with Crippen molar-refractivity contribution in [1.29, 1.82) is 0 Å². The number of sulfonamides is 1. The lowest BCUT2D eigenvalue weighted by Gasteiger charge is -2.06. The van der Waals surface area contributed by atoms with Crippen LogP contribution in [0.2, 0.25) is 0 Å². The van der Waals surface area contributed by atoms with Gasteiger partial charge in [0.05, 0.1) is 12.0 Å². The molecule has 0 spiro atoms. The number of hydrogen-bond donors (Lipinski definition) is 2. The third-order valence-corrected chi connectivity index (χ3v) is 4.68. The zero-order chi connectivity index (χ0) is 19.2. The smallest absolute Gasteiger partial charge is 0.264 e. The Morgan fingerprint density at radius 3 is 2.38 bits per heavy atom. The molecule has 0 bridgehead atoms. The Morgan fingerprint density at radius 2 is 1.77 bits per heavy atom. The molecule has 2 amide bonds. The molecule has 0 aliphatic rings. The number of carbonyl (C=O) groups excluding carboxylic acids is 2. The highest BCUT2D eigenvalue weighted by Crippen LogP contribution is 2.15. The first-order chi connectivity index (χ1) is 12.3. The van der Waals surface area contributed by atoms with Crippen LogP contribution in [0.25, 0.3) is 6.08 Å². The maximum atomic E-state index is 12.0. The molecule has 0 radical (unpaired) electrons. The molecule has 136 valence electrons. The van der Waals surface area contributed by atoms with Crippen LogP contribution in [0, 0.1) is 0 Å². The summed E-state index contributed by atoms with van der Waals surface area (Å²) in [6.45, 7) is 1.11. The van der Waals surface area contributed by atoms with Crippen LogP contribution in [-0.2, 0) is 19.6 Å². The van der Waals surface area contributed by atoms with E-state index >= 15 is 0 Å². The van der Waals surface area contributed by atoms with Gasteiger partial charge in [0.25, 0.3) is 10.0 Å². The van der Waals surface area contributed by atoms with Gasteiger partial charge in [0.15, 0.2) is 0 Å². The van der Waals surface area contributed by atoms with E-state index in [0.29, 0.717) is 11.4 Å². The number of carbonyl (C=O) groups is 2. The fourth-order valence-corrected chi connectivity index (χ4v) is 3.06. The monoisotopic (exact) mass is 374 g/mol. The van der Waals surface area contributed by atoms with Gasteiger partial charge in [-0.1, -0.05) is 12.1 Å². The van der Waals surface area contributed by atoms with Gasteiger partial charge in [-0.25, -0.2) is 13.1 Å². The van der Waals surface area contributed by atoms with E-state index in [-0.39, 0.29) is 10.8 Å². The van der Waals surface area contributed by atoms with Gasteiger partial charge in [0.1, 0.15) is 5.75 Å². The fraction of sp³-hybridized carbons (Fsp3) is 0.111. The van der Waals surface area contributed by atoms with Crippen molar-refractivity contribution < 1.29 is 22.7 Å². The highest BCUT2D eigenvalue weighted by Gasteiger charge is 2.15. The first kappa shape index (κ1) is 19.2. The number of benzene rings is 2. The largest absolute Gasteiger partial charge is 0.497 e. The van der Waals surface area contributed by atoms with E-state index in [9.17, 15) is 18.0 Å². The van der Waals surface area contributed by atoms with E-state index in [4.69, 9.17) is 4.74 Å².